The molecule has 0 fully saturated rings. The molecular formula is C11H21NO5. The van der Waals surface area contributed by atoms with Gasteiger partial charge in [-0.05, 0) is 12.8 Å². The largest absolute Gasteiger partial charge is 0.481 e. The lowest BCUT2D eigenvalue weighted by Gasteiger charge is -2.01. The molecule has 0 rings (SSSR count). The van der Waals surface area contributed by atoms with E-state index in [1.807, 2.05) is 0 Å². The van der Waals surface area contributed by atoms with Crippen molar-refractivity contribution in [3.63, 3.8) is 0 Å². The number of rotatable bonds is 12. The SMILES string of the molecule is O=C(O)CCCCCCCCCCO[N+](=O)[O-]. The number of hydrogen-bond donors (Lipinski definition) is 1. The van der Waals surface area contributed by atoms with E-state index in [1.54, 1.807) is 0 Å². The van der Waals surface area contributed by atoms with Crippen LogP contribution in [0.3, 0.4) is 0 Å². The third-order valence-corrected chi connectivity index (χ3v) is 2.48. The van der Waals surface area contributed by atoms with Gasteiger partial charge < -0.3 is 9.94 Å². The fraction of sp³-hybridized carbons (Fsp3) is 0.909. The first-order valence-electron chi connectivity index (χ1n) is 6.12. The molecule has 6 nitrogen and oxygen atoms in total. The number of carboxylic acids is 1. The Morgan fingerprint density at radius 2 is 1.47 bits per heavy atom. The fourth-order valence-electron chi connectivity index (χ4n) is 1.58. The van der Waals surface area contributed by atoms with E-state index in [4.69, 9.17) is 5.11 Å². The summed E-state index contributed by atoms with van der Waals surface area (Å²) < 4.78 is 0. The summed E-state index contributed by atoms with van der Waals surface area (Å²) in [5.41, 5.74) is 0. The maximum absolute atomic E-state index is 10.2. The molecule has 0 amide bonds. The van der Waals surface area contributed by atoms with Crippen molar-refractivity contribution in [2.75, 3.05) is 6.61 Å². The molecule has 0 spiro atoms. The zero-order valence-electron chi connectivity index (χ0n) is 10.1. The minimum absolute atomic E-state index is 0.186. The molecule has 0 aromatic heterocycles. The molecule has 0 aliphatic rings. The first-order chi connectivity index (χ1) is 8.13. The fourth-order valence-corrected chi connectivity index (χ4v) is 1.58. The lowest BCUT2D eigenvalue weighted by Crippen LogP contribution is -2.01. The average Bonchev–Trinajstić information content (AvgIpc) is 2.25. The van der Waals surface area contributed by atoms with E-state index >= 15 is 0 Å². The van der Waals surface area contributed by atoms with Gasteiger partial charge in [-0.25, -0.2) is 0 Å². The smallest absolute Gasteiger partial charge is 0.303 e. The van der Waals surface area contributed by atoms with Crippen LogP contribution in [-0.4, -0.2) is 22.8 Å². The van der Waals surface area contributed by atoms with Crippen LogP contribution in [0.1, 0.15) is 57.8 Å². The van der Waals surface area contributed by atoms with Gasteiger partial charge in [0.15, 0.2) is 0 Å². The summed E-state index contributed by atoms with van der Waals surface area (Å²) in [5.74, 6) is -0.726. The molecule has 0 saturated carbocycles. The highest BCUT2D eigenvalue weighted by Gasteiger charge is 1.97. The van der Waals surface area contributed by atoms with Crippen LogP contribution >= 0.6 is 0 Å². The minimum atomic E-state index is -0.761. The molecular weight excluding hydrogens is 226 g/mol. The van der Waals surface area contributed by atoms with E-state index in [2.05, 4.69) is 4.84 Å². The highest BCUT2D eigenvalue weighted by Crippen LogP contribution is 2.09. The summed E-state index contributed by atoms with van der Waals surface area (Å²) in [6.45, 7) is 0.186. The van der Waals surface area contributed by atoms with Crippen LogP contribution in [-0.2, 0) is 9.63 Å². The molecule has 0 aromatic carbocycles. The number of unbranched alkanes of at least 4 members (excludes halogenated alkanes) is 7. The molecule has 0 heterocycles. The molecule has 0 atom stereocenters. The average molecular weight is 247 g/mol. The summed E-state index contributed by atoms with van der Waals surface area (Å²) in [5, 5.41) is 17.5. The molecule has 6 heteroatoms. The van der Waals surface area contributed by atoms with Crippen LogP contribution < -0.4 is 0 Å². The van der Waals surface area contributed by atoms with Gasteiger partial charge in [0.1, 0.15) is 0 Å². The third kappa shape index (κ3) is 14.7. The molecule has 0 aromatic rings. The van der Waals surface area contributed by atoms with Gasteiger partial charge in [-0.2, -0.15) is 0 Å². The zero-order chi connectivity index (χ0) is 12.9. The van der Waals surface area contributed by atoms with Crippen molar-refractivity contribution in [1.82, 2.24) is 0 Å². The first kappa shape index (κ1) is 15.7. The second-order valence-corrected chi connectivity index (χ2v) is 4.03. The molecule has 0 saturated heterocycles. The van der Waals surface area contributed by atoms with E-state index in [-0.39, 0.29) is 13.0 Å². The van der Waals surface area contributed by atoms with Crippen molar-refractivity contribution in [3.8, 4) is 0 Å². The summed E-state index contributed by atoms with van der Waals surface area (Å²) in [7, 11) is 0. The minimum Gasteiger partial charge on any atom is -0.481 e. The zero-order valence-corrected chi connectivity index (χ0v) is 10.1. The van der Waals surface area contributed by atoms with Crippen molar-refractivity contribution in [2.45, 2.75) is 57.8 Å². The van der Waals surface area contributed by atoms with Gasteiger partial charge in [-0.15, -0.1) is 10.1 Å². The van der Waals surface area contributed by atoms with Crippen LogP contribution in [0, 0.1) is 10.1 Å². The Kier molecular flexibility index (Phi) is 10.3. The molecule has 1 N–H and O–H groups in total. The highest BCUT2D eigenvalue weighted by molar-refractivity contribution is 5.66. The van der Waals surface area contributed by atoms with Crippen molar-refractivity contribution in [1.29, 1.82) is 0 Å². The topological polar surface area (TPSA) is 89.7 Å². The quantitative estimate of drug-likeness (QED) is 0.325. The van der Waals surface area contributed by atoms with Crippen molar-refractivity contribution >= 4 is 5.97 Å². The number of carbonyl (C=O) groups is 1. The Hall–Kier alpha value is -1.33. The molecule has 0 aliphatic heterocycles. The summed E-state index contributed by atoms with van der Waals surface area (Å²) in [6.07, 6.45) is 7.99. The third-order valence-electron chi connectivity index (χ3n) is 2.48. The standard InChI is InChI=1S/C11H21NO5/c13-11(14)9-7-5-3-1-2-4-6-8-10-17-12(15)16/h1-10H2,(H,13,14). The molecule has 0 unspecified atom stereocenters. The van der Waals surface area contributed by atoms with Crippen molar-refractivity contribution in [2.24, 2.45) is 0 Å². The molecule has 100 valence electrons. The Morgan fingerprint density at radius 3 is 1.94 bits per heavy atom. The van der Waals surface area contributed by atoms with Crippen LogP contribution in [0.5, 0.6) is 0 Å². The summed E-state index contributed by atoms with van der Waals surface area (Å²) in [4.78, 5) is 24.2. The Balaban J connectivity index is 2.98. The Labute approximate surface area is 101 Å². The molecule has 0 radical (unpaired) electrons. The van der Waals surface area contributed by atoms with E-state index < -0.39 is 11.1 Å². The number of hydrogen-bond acceptors (Lipinski definition) is 4. The van der Waals surface area contributed by atoms with Gasteiger partial charge in [0, 0.05) is 6.42 Å². The summed E-state index contributed by atoms with van der Waals surface area (Å²) >= 11 is 0. The normalized spacial score (nSPS) is 10.1. The lowest BCUT2D eigenvalue weighted by atomic mass is 10.1. The van der Waals surface area contributed by atoms with E-state index in [1.165, 1.54) is 0 Å². The first-order valence-corrected chi connectivity index (χ1v) is 6.12. The van der Waals surface area contributed by atoms with E-state index in [9.17, 15) is 14.9 Å². The molecule has 0 aliphatic carbocycles. The predicted octanol–water partition coefficient (Wildman–Crippen LogP) is 2.79. The van der Waals surface area contributed by atoms with Gasteiger partial charge in [0.2, 0.25) is 0 Å². The molecule has 17 heavy (non-hydrogen) atoms. The van der Waals surface area contributed by atoms with Crippen molar-refractivity contribution in [3.05, 3.63) is 10.1 Å². The molecule has 0 bridgehead atoms. The monoisotopic (exact) mass is 247 g/mol. The van der Waals surface area contributed by atoms with Crippen LogP contribution in [0.4, 0.5) is 0 Å². The maximum Gasteiger partial charge on any atom is 0.303 e. The highest BCUT2D eigenvalue weighted by atomic mass is 16.9. The van der Waals surface area contributed by atoms with E-state index in [0.29, 0.717) is 0 Å². The number of nitrogens with zero attached hydrogens (tertiary/aromatic N) is 1. The second kappa shape index (κ2) is 11.2. The lowest BCUT2D eigenvalue weighted by molar-refractivity contribution is -0.757. The van der Waals surface area contributed by atoms with Crippen molar-refractivity contribution < 1.29 is 19.8 Å². The van der Waals surface area contributed by atoms with E-state index in [0.717, 1.165) is 51.4 Å². The predicted molar refractivity (Wildman–Crippen MR) is 62.1 cm³/mol. The van der Waals surface area contributed by atoms with Gasteiger partial charge >= 0.3 is 5.97 Å². The Morgan fingerprint density at radius 1 is 1.00 bits per heavy atom. The number of carboxylic acid groups (broad SMARTS) is 1. The van der Waals surface area contributed by atoms with Crippen LogP contribution in [0.25, 0.3) is 0 Å². The van der Waals surface area contributed by atoms with Gasteiger partial charge in [-0.1, -0.05) is 38.5 Å². The van der Waals surface area contributed by atoms with Gasteiger partial charge in [0.05, 0.1) is 6.61 Å². The maximum atomic E-state index is 10.2. The van der Waals surface area contributed by atoms with Crippen LogP contribution in [0.15, 0.2) is 0 Å². The number of aliphatic carboxylic acids is 1. The Bertz CT molecular complexity index is 198. The van der Waals surface area contributed by atoms with Gasteiger partial charge in [0.25, 0.3) is 5.09 Å². The second-order valence-electron chi connectivity index (χ2n) is 4.03. The van der Waals surface area contributed by atoms with Crippen LogP contribution in [0.2, 0.25) is 0 Å². The summed E-state index contributed by atoms with van der Waals surface area (Å²) in [6, 6.07) is 0. The van der Waals surface area contributed by atoms with Gasteiger partial charge in [-0.3, -0.25) is 4.79 Å².